The van der Waals surface area contributed by atoms with Crippen LogP contribution in [0.5, 0.6) is 0 Å². The topological polar surface area (TPSA) is 109 Å². The quantitative estimate of drug-likeness (QED) is 0.534. The second kappa shape index (κ2) is 8.87. The van der Waals surface area contributed by atoms with Gasteiger partial charge in [0.2, 0.25) is 20.6 Å². The molecule has 0 bridgehead atoms. The fourth-order valence-corrected chi connectivity index (χ4v) is 1.99. The van der Waals surface area contributed by atoms with Crippen LogP contribution >= 0.6 is 0 Å². The van der Waals surface area contributed by atoms with E-state index in [1.165, 1.54) is 6.92 Å². The summed E-state index contributed by atoms with van der Waals surface area (Å²) in [5, 5.41) is 0.907. The van der Waals surface area contributed by atoms with Crippen LogP contribution in [-0.2, 0) is 30.2 Å². The predicted molar refractivity (Wildman–Crippen MR) is 78.4 cm³/mol. The van der Waals surface area contributed by atoms with Gasteiger partial charge in [0.05, 0.1) is 6.04 Å². The van der Waals surface area contributed by atoms with Crippen LogP contribution in [0.25, 0.3) is 0 Å². The monoisotopic (exact) mass is 334 g/mol. The molecular formula is C11H14N2O6S2. The van der Waals surface area contributed by atoms with E-state index in [0.717, 1.165) is 22.2 Å². The normalized spacial score (nSPS) is 10.7. The molecule has 10 heteroatoms. The molecule has 0 rings (SSSR count). The molecule has 116 valence electrons. The van der Waals surface area contributed by atoms with Crippen molar-refractivity contribution in [3.8, 4) is 0 Å². The molecule has 0 fully saturated rings. The molecule has 21 heavy (non-hydrogen) atoms. The van der Waals surface area contributed by atoms with Crippen LogP contribution in [0.4, 0.5) is 0 Å². The number of rotatable bonds is 7. The van der Waals surface area contributed by atoms with Gasteiger partial charge in [0, 0.05) is 12.7 Å². The van der Waals surface area contributed by atoms with Crippen LogP contribution < -0.4 is 0 Å². The molecule has 0 aliphatic heterocycles. The fraction of sp³-hybridized carbons (Fsp3) is 0.273. The number of hydrogen-bond acceptors (Lipinski definition) is 6. The predicted octanol–water partition coefficient (Wildman–Crippen LogP) is -1.32. The summed E-state index contributed by atoms with van der Waals surface area (Å²) in [6, 6.07) is -0.648. The molecule has 0 saturated carbocycles. The molecule has 0 aromatic rings. The lowest BCUT2D eigenvalue weighted by Gasteiger charge is -2.27. The lowest BCUT2D eigenvalue weighted by atomic mass is 10.2. The first-order chi connectivity index (χ1) is 9.72. The molecule has 0 aromatic carbocycles. The van der Waals surface area contributed by atoms with Crippen molar-refractivity contribution in [3.05, 3.63) is 25.6 Å². The third-order valence-electron chi connectivity index (χ3n) is 2.28. The Morgan fingerprint density at radius 1 is 1.00 bits per heavy atom. The molecule has 1 unspecified atom stereocenters. The van der Waals surface area contributed by atoms with Gasteiger partial charge in [-0.3, -0.25) is 9.59 Å². The van der Waals surface area contributed by atoms with Gasteiger partial charge in [-0.1, -0.05) is 13.2 Å². The molecular weight excluding hydrogens is 320 g/mol. The molecule has 1 atom stereocenters. The second-order valence-electron chi connectivity index (χ2n) is 3.71. The number of amides is 2. The molecule has 0 aliphatic carbocycles. The van der Waals surface area contributed by atoms with Crippen LogP contribution in [0.3, 0.4) is 0 Å². The van der Waals surface area contributed by atoms with Crippen LogP contribution in [0.15, 0.2) is 25.6 Å². The van der Waals surface area contributed by atoms with Crippen molar-refractivity contribution >= 4 is 43.1 Å². The Morgan fingerprint density at radius 2 is 1.48 bits per heavy atom. The molecule has 0 aliphatic rings. The SMILES string of the molecule is C=CN(CC(C)N(C=C)C(=O)C=S(=O)=O)C(=O)C=S(=O)=O. The molecule has 0 heterocycles. The van der Waals surface area contributed by atoms with Crippen LogP contribution in [-0.4, -0.2) is 61.8 Å². The largest absolute Gasteiger partial charge is 0.313 e. The summed E-state index contributed by atoms with van der Waals surface area (Å²) in [4.78, 5) is 25.1. The summed E-state index contributed by atoms with van der Waals surface area (Å²) in [7, 11) is -5.33. The Balaban J connectivity index is 5.18. The van der Waals surface area contributed by atoms with E-state index in [-0.39, 0.29) is 6.54 Å². The molecule has 0 aromatic heterocycles. The lowest BCUT2D eigenvalue weighted by Crippen LogP contribution is -2.43. The van der Waals surface area contributed by atoms with E-state index in [1.807, 2.05) is 0 Å². The number of hydrogen-bond donors (Lipinski definition) is 0. The number of carbonyl (C=O) groups excluding carboxylic acids is 2. The van der Waals surface area contributed by atoms with E-state index in [1.54, 1.807) is 0 Å². The average molecular weight is 334 g/mol. The van der Waals surface area contributed by atoms with Gasteiger partial charge in [-0.15, -0.1) is 0 Å². The molecule has 2 amide bonds. The Kier molecular flexibility index (Phi) is 7.94. The van der Waals surface area contributed by atoms with Crippen molar-refractivity contribution in [3.63, 3.8) is 0 Å². The second-order valence-corrected chi connectivity index (χ2v) is 5.22. The highest BCUT2D eigenvalue weighted by atomic mass is 32.2. The Morgan fingerprint density at radius 3 is 1.86 bits per heavy atom. The summed E-state index contributed by atoms with van der Waals surface area (Å²) < 4.78 is 41.8. The van der Waals surface area contributed by atoms with Crippen LogP contribution in [0.2, 0.25) is 0 Å². The Hall–Kier alpha value is -2.20. The zero-order valence-corrected chi connectivity index (χ0v) is 12.8. The van der Waals surface area contributed by atoms with Crippen LogP contribution in [0.1, 0.15) is 6.92 Å². The number of nitrogens with zero attached hydrogens (tertiary/aromatic N) is 2. The van der Waals surface area contributed by atoms with Gasteiger partial charge in [0.15, 0.2) is 0 Å². The standard InChI is InChI=1S/C11H14N2O6S2/c1-4-12(10(14)7-20(16)17)6-9(3)13(5-2)11(15)8-21(18)19/h4-5,7-9H,1-2,6H2,3H3. The van der Waals surface area contributed by atoms with Crippen molar-refractivity contribution in [1.82, 2.24) is 9.80 Å². The lowest BCUT2D eigenvalue weighted by molar-refractivity contribution is -0.125. The Bertz CT molecular complexity index is 689. The van der Waals surface area contributed by atoms with Crippen molar-refractivity contribution < 1.29 is 26.4 Å². The third kappa shape index (κ3) is 6.68. The molecule has 0 radical (unpaired) electrons. The maximum atomic E-state index is 11.6. The van der Waals surface area contributed by atoms with E-state index < -0.39 is 38.4 Å². The smallest absolute Gasteiger partial charge is 0.266 e. The van der Waals surface area contributed by atoms with E-state index in [9.17, 15) is 26.4 Å². The first-order valence-electron chi connectivity index (χ1n) is 5.46. The van der Waals surface area contributed by atoms with Gasteiger partial charge >= 0.3 is 0 Å². The van der Waals surface area contributed by atoms with Gasteiger partial charge < -0.3 is 9.80 Å². The fourth-order valence-electron chi connectivity index (χ4n) is 1.41. The van der Waals surface area contributed by atoms with Crippen molar-refractivity contribution in [1.29, 1.82) is 0 Å². The van der Waals surface area contributed by atoms with Gasteiger partial charge in [-0.05, 0) is 13.1 Å². The summed E-state index contributed by atoms with van der Waals surface area (Å²) in [5.41, 5.74) is 0. The maximum absolute atomic E-state index is 11.6. The van der Waals surface area contributed by atoms with Crippen molar-refractivity contribution in [2.24, 2.45) is 0 Å². The maximum Gasteiger partial charge on any atom is 0.266 e. The minimum absolute atomic E-state index is 0.0902. The average Bonchev–Trinajstić information content (AvgIpc) is 2.34. The van der Waals surface area contributed by atoms with Gasteiger partial charge in [-0.2, -0.15) is 16.8 Å². The van der Waals surface area contributed by atoms with Gasteiger partial charge in [0.1, 0.15) is 10.7 Å². The summed E-state index contributed by atoms with van der Waals surface area (Å²) in [6.07, 6.45) is 2.21. The zero-order chi connectivity index (χ0) is 16.6. The van der Waals surface area contributed by atoms with Crippen molar-refractivity contribution in [2.45, 2.75) is 13.0 Å². The molecule has 0 saturated heterocycles. The third-order valence-corrected chi connectivity index (χ3v) is 3.07. The van der Waals surface area contributed by atoms with E-state index >= 15 is 0 Å². The van der Waals surface area contributed by atoms with Gasteiger partial charge in [-0.25, -0.2) is 0 Å². The molecule has 0 spiro atoms. The minimum atomic E-state index is -2.67. The van der Waals surface area contributed by atoms with E-state index in [0.29, 0.717) is 10.7 Å². The molecule has 8 nitrogen and oxygen atoms in total. The summed E-state index contributed by atoms with van der Waals surface area (Å²) in [5.74, 6) is -1.67. The highest BCUT2D eigenvalue weighted by molar-refractivity contribution is 7.73. The molecule has 0 N–H and O–H groups in total. The highest BCUT2D eigenvalue weighted by Crippen LogP contribution is 2.03. The highest BCUT2D eigenvalue weighted by Gasteiger charge is 2.20. The van der Waals surface area contributed by atoms with Crippen molar-refractivity contribution in [2.75, 3.05) is 6.54 Å². The number of carbonyl (C=O) groups is 2. The summed E-state index contributed by atoms with van der Waals surface area (Å²) in [6.45, 7) is 8.19. The van der Waals surface area contributed by atoms with Gasteiger partial charge in [0.25, 0.3) is 11.8 Å². The first kappa shape index (κ1) is 18.8. The Labute approximate surface area is 125 Å². The first-order valence-corrected chi connectivity index (χ1v) is 7.74. The zero-order valence-electron chi connectivity index (χ0n) is 11.2. The van der Waals surface area contributed by atoms with E-state index in [2.05, 4.69) is 13.2 Å². The van der Waals surface area contributed by atoms with Crippen LogP contribution in [0, 0.1) is 0 Å². The summed E-state index contributed by atoms with van der Waals surface area (Å²) >= 11 is 0. The van der Waals surface area contributed by atoms with E-state index in [4.69, 9.17) is 0 Å². The minimum Gasteiger partial charge on any atom is -0.313 e.